The van der Waals surface area contributed by atoms with Gasteiger partial charge >= 0.3 is 6.18 Å². The second-order valence-electron chi connectivity index (χ2n) is 4.91. The highest BCUT2D eigenvalue weighted by atomic mass is 19.4. The smallest absolute Gasteiger partial charge is 0.379 e. The summed E-state index contributed by atoms with van der Waals surface area (Å²) >= 11 is 0. The third-order valence-electron chi connectivity index (χ3n) is 3.50. The first-order valence-electron chi connectivity index (χ1n) is 6.14. The van der Waals surface area contributed by atoms with Crippen LogP contribution in [0.2, 0.25) is 0 Å². The minimum absolute atomic E-state index is 0.118. The van der Waals surface area contributed by atoms with Crippen LogP contribution >= 0.6 is 0 Å². The van der Waals surface area contributed by atoms with Gasteiger partial charge in [0, 0.05) is 25.1 Å². The highest BCUT2D eigenvalue weighted by molar-refractivity contribution is 5.94. The average molecular weight is 288 g/mol. The molecule has 4 nitrogen and oxygen atoms in total. The predicted molar refractivity (Wildman–Crippen MR) is 65.9 cm³/mol. The number of aliphatic hydroxyl groups is 1. The minimum atomic E-state index is -4.73. The number of carbonyl (C=O) groups excluding carboxylic acids is 1. The number of halogens is 3. The molecule has 3 N–H and O–H groups in total. The highest BCUT2D eigenvalue weighted by Crippen LogP contribution is 2.37. The summed E-state index contributed by atoms with van der Waals surface area (Å²) in [5.74, 6) is -0.520. The monoisotopic (exact) mass is 288 g/mol. The molecule has 1 aromatic rings. The zero-order valence-electron chi connectivity index (χ0n) is 10.7. The van der Waals surface area contributed by atoms with Crippen LogP contribution in [0.25, 0.3) is 0 Å². The topological polar surface area (TPSA) is 66.6 Å². The number of nitrogens with zero attached hydrogens (tertiary/aromatic N) is 1. The largest absolute Gasteiger partial charge is 0.419 e. The second-order valence-corrected chi connectivity index (χ2v) is 4.91. The van der Waals surface area contributed by atoms with Crippen LogP contribution in [-0.2, 0) is 6.54 Å². The van der Waals surface area contributed by atoms with Crippen molar-refractivity contribution in [2.24, 2.45) is 5.73 Å². The molecule has 1 aliphatic rings. The molecule has 110 valence electrons. The van der Waals surface area contributed by atoms with Crippen molar-refractivity contribution in [1.82, 2.24) is 4.90 Å². The van der Waals surface area contributed by atoms with E-state index in [4.69, 9.17) is 5.73 Å². The van der Waals surface area contributed by atoms with E-state index in [9.17, 15) is 23.1 Å². The molecular weight excluding hydrogens is 273 g/mol. The van der Waals surface area contributed by atoms with Gasteiger partial charge in [-0.3, -0.25) is 4.79 Å². The fourth-order valence-corrected chi connectivity index (χ4v) is 2.16. The van der Waals surface area contributed by atoms with E-state index < -0.39 is 30.7 Å². The van der Waals surface area contributed by atoms with E-state index in [-0.39, 0.29) is 12.1 Å². The molecule has 0 radical (unpaired) electrons. The van der Waals surface area contributed by atoms with E-state index in [0.29, 0.717) is 6.54 Å². The van der Waals surface area contributed by atoms with Crippen LogP contribution in [0.1, 0.15) is 22.3 Å². The van der Waals surface area contributed by atoms with Crippen LogP contribution in [0.15, 0.2) is 24.3 Å². The average Bonchev–Trinajstić information content (AvgIpc) is 2.82. The Morgan fingerprint density at radius 3 is 2.40 bits per heavy atom. The van der Waals surface area contributed by atoms with Crippen molar-refractivity contribution in [2.75, 3.05) is 13.1 Å². The van der Waals surface area contributed by atoms with Gasteiger partial charge in [-0.2, -0.15) is 13.2 Å². The quantitative estimate of drug-likeness (QED) is 0.861. The third-order valence-corrected chi connectivity index (χ3v) is 3.50. The van der Waals surface area contributed by atoms with Crippen LogP contribution in [0, 0.1) is 0 Å². The number of β-amino-alcohol motifs (C(OH)–C–C–N with tert-alkyl or cyclic N) is 1. The van der Waals surface area contributed by atoms with Gasteiger partial charge in [-0.05, 0) is 17.7 Å². The van der Waals surface area contributed by atoms with Crippen LogP contribution in [0.4, 0.5) is 13.2 Å². The summed E-state index contributed by atoms with van der Waals surface area (Å²) in [6, 6.07) is 6.35. The molecule has 0 bridgehead atoms. The zero-order chi connectivity index (χ0) is 15.0. The number of nitrogens with two attached hydrogens (primary N) is 1. The Morgan fingerprint density at radius 1 is 1.35 bits per heavy atom. The van der Waals surface area contributed by atoms with E-state index >= 15 is 0 Å². The molecule has 1 aromatic carbocycles. The molecule has 1 fully saturated rings. The fraction of sp³-hybridized carbons (Fsp3) is 0.462. The molecule has 0 saturated carbocycles. The Kier molecular flexibility index (Phi) is 3.75. The number of amides is 1. The Hall–Kier alpha value is -1.60. The molecule has 1 atom stereocenters. The number of rotatable bonds is 2. The lowest BCUT2D eigenvalue weighted by Crippen LogP contribution is -2.48. The van der Waals surface area contributed by atoms with Gasteiger partial charge < -0.3 is 15.7 Å². The van der Waals surface area contributed by atoms with Crippen molar-refractivity contribution in [1.29, 1.82) is 0 Å². The Labute approximate surface area is 114 Å². The predicted octanol–water partition coefficient (Wildman–Crippen LogP) is 1.28. The van der Waals surface area contributed by atoms with Gasteiger partial charge in [0.15, 0.2) is 5.60 Å². The minimum Gasteiger partial charge on any atom is -0.379 e. The first kappa shape index (κ1) is 14.8. The number of alkyl halides is 3. The molecule has 1 aliphatic heterocycles. The van der Waals surface area contributed by atoms with Crippen molar-refractivity contribution in [3.8, 4) is 0 Å². The van der Waals surface area contributed by atoms with Gasteiger partial charge in [0.2, 0.25) is 0 Å². The fourth-order valence-electron chi connectivity index (χ4n) is 2.16. The van der Waals surface area contributed by atoms with E-state index in [1.54, 1.807) is 12.1 Å². The molecule has 0 unspecified atom stereocenters. The summed E-state index contributed by atoms with van der Waals surface area (Å²) in [5.41, 5.74) is 3.74. The third kappa shape index (κ3) is 2.64. The number of hydrogen-bond donors (Lipinski definition) is 2. The standard InChI is InChI=1S/C13H15F3N2O2/c14-13(15,16)12(20)5-6-18(8-12)11(19)10-3-1-9(7-17)2-4-10/h1-4,20H,5-8,17H2/t12-/m0/s1. The van der Waals surface area contributed by atoms with Gasteiger partial charge in [-0.25, -0.2) is 0 Å². The van der Waals surface area contributed by atoms with E-state index in [0.717, 1.165) is 10.5 Å². The van der Waals surface area contributed by atoms with Crippen molar-refractivity contribution in [3.05, 3.63) is 35.4 Å². The lowest BCUT2D eigenvalue weighted by Gasteiger charge is -2.25. The maximum Gasteiger partial charge on any atom is 0.419 e. The van der Waals surface area contributed by atoms with Crippen molar-refractivity contribution in [3.63, 3.8) is 0 Å². The van der Waals surface area contributed by atoms with Crippen molar-refractivity contribution in [2.45, 2.75) is 24.7 Å². The van der Waals surface area contributed by atoms with E-state index in [1.165, 1.54) is 12.1 Å². The number of hydrogen-bond acceptors (Lipinski definition) is 3. The van der Waals surface area contributed by atoms with Crippen LogP contribution in [-0.4, -0.2) is 40.8 Å². The highest BCUT2D eigenvalue weighted by Gasteiger charge is 2.57. The van der Waals surface area contributed by atoms with Gasteiger partial charge in [0.25, 0.3) is 5.91 Å². The lowest BCUT2D eigenvalue weighted by molar-refractivity contribution is -0.253. The first-order valence-corrected chi connectivity index (χ1v) is 6.14. The molecule has 7 heteroatoms. The molecular formula is C13H15F3N2O2. The van der Waals surface area contributed by atoms with E-state index in [2.05, 4.69) is 0 Å². The second kappa shape index (κ2) is 5.06. The Bertz CT molecular complexity index is 501. The zero-order valence-corrected chi connectivity index (χ0v) is 10.7. The maximum absolute atomic E-state index is 12.7. The molecule has 1 amide bonds. The number of likely N-dealkylation sites (tertiary alicyclic amines) is 1. The molecule has 0 spiro atoms. The van der Waals surface area contributed by atoms with Crippen LogP contribution in [0.5, 0.6) is 0 Å². The van der Waals surface area contributed by atoms with Gasteiger partial charge in [0.1, 0.15) is 0 Å². The molecule has 2 rings (SSSR count). The lowest BCUT2D eigenvalue weighted by atomic mass is 10.0. The summed E-state index contributed by atoms with van der Waals surface area (Å²) in [6.07, 6.45) is -5.23. The molecule has 20 heavy (non-hydrogen) atoms. The maximum atomic E-state index is 12.7. The molecule has 1 heterocycles. The molecule has 0 aromatic heterocycles. The summed E-state index contributed by atoms with van der Waals surface area (Å²) in [7, 11) is 0. The van der Waals surface area contributed by atoms with Gasteiger partial charge in [-0.1, -0.05) is 12.1 Å². The summed E-state index contributed by atoms with van der Waals surface area (Å²) in [6.45, 7) is -0.520. The SMILES string of the molecule is NCc1ccc(C(=O)N2CC[C@@](O)(C(F)(F)F)C2)cc1. The van der Waals surface area contributed by atoms with Crippen molar-refractivity contribution < 1.29 is 23.1 Å². The Morgan fingerprint density at radius 2 is 1.95 bits per heavy atom. The van der Waals surface area contributed by atoms with E-state index in [1.807, 2.05) is 0 Å². The molecule has 1 saturated heterocycles. The van der Waals surface area contributed by atoms with Crippen LogP contribution in [0.3, 0.4) is 0 Å². The van der Waals surface area contributed by atoms with Gasteiger partial charge in [0.05, 0.1) is 6.54 Å². The van der Waals surface area contributed by atoms with Gasteiger partial charge in [-0.15, -0.1) is 0 Å². The normalized spacial score (nSPS) is 23.1. The summed E-state index contributed by atoms with van der Waals surface area (Å²) in [4.78, 5) is 13.1. The summed E-state index contributed by atoms with van der Waals surface area (Å²) in [5, 5.41) is 9.54. The summed E-state index contributed by atoms with van der Waals surface area (Å²) < 4.78 is 38.0. The molecule has 0 aliphatic carbocycles. The first-order chi connectivity index (χ1) is 9.27. The number of benzene rings is 1. The Balaban J connectivity index is 2.11. The number of carbonyl (C=O) groups is 1. The van der Waals surface area contributed by atoms with Crippen molar-refractivity contribution >= 4 is 5.91 Å². The van der Waals surface area contributed by atoms with Crippen LogP contribution < -0.4 is 5.73 Å².